The lowest BCUT2D eigenvalue weighted by molar-refractivity contribution is -0.125. The molecular formula is C12H15F4NO2. The topological polar surface area (TPSA) is 30.5 Å². The van der Waals surface area contributed by atoms with Gasteiger partial charge in [-0.1, -0.05) is 0 Å². The Labute approximate surface area is 108 Å². The van der Waals surface area contributed by atoms with Crippen LogP contribution in [0.3, 0.4) is 0 Å². The monoisotopic (exact) mass is 281 g/mol. The second-order valence-electron chi connectivity index (χ2n) is 3.76. The Bertz CT molecular complexity index is 370. The molecule has 0 radical (unpaired) electrons. The molecule has 0 aliphatic heterocycles. The van der Waals surface area contributed by atoms with E-state index in [1.807, 2.05) is 0 Å². The van der Waals surface area contributed by atoms with Gasteiger partial charge in [-0.2, -0.15) is 8.78 Å². The molecule has 0 heterocycles. The number of nitrogens with one attached hydrogen (secondary N) is 1. The summed E-state index contributed by atoms with van der Waals surface area (Å²) in [6.07, 6.45) is -3.66. The fourth-order valence-electron chi connectivity index (χ4n) is 1.25. The van der Waals surface area contributed by atoms with Crippen molar-refractivity contribution in [1.82, 2.24) is 5.32 Å². The summed E-state index contributed by atoms with van der Waals surface area (Å²) in [4.78, 5) is 0. The second-order valence-corrected chi connectivity index (χ2v) is 3.76. The number of methoxy groups -OCH3 is 1. The van der Waals surface area contributed by atoms with Crippen molar-refractivity contribution in [3.63, 3.8) is 0 Å². The van der Waals surface area contributed by atoms with Crippen LogP contribution in [0.2, 0.25) is 0 Å². The van der Waals surface area contributed by atoms with Gasteiger partial charge in [-0.3, -0.25) is 0 Å². The van der Waals surface area contributed by atoms with Gasteiger partial charge in [0.1, 0.15) is 18.1 Å². The van der Waals surface area contributed by atoms with Crippen molar-refractivity contribution < 1.29 is 27.0 Å². The molecule has 0 fully saturated rings. The van der Waals surface area contributed by atoms with E-state index >= 15 is 0 Å². The zero-order valence-electron chi connectivity index (χ0n) is 10.3. The molecular weight excluding hydrogens is 266 g/mol. The van der Waals surface area contributed by atoms with Crippen LogP contribution >= 0.6 is 0 Å². The van der Waals surface area contributed by atoms with Gasteiger partial charge < -0.3 is 14.8 Å². The maximum atomic E-state index is 12.5. The zero-order chi connectivity index (χ0) is 14.3. The maximum Gasteiger partial charge on any atom is 0.319 e. The van der Waals surface area contributed by atoms with Crippen LogP contribution in [0.25, 0.3) is 0 Å². The summed E-state index contributed by atoms with van der Waals surface area (Å²) in [5.41, 5.74) is 0. The third kappa shape index (κ3) is 5.34. The van der Waals surface area contributed by atoms with Crippen molar-refractivity contribution >= 4 is 0 Å². The molecule has 0 saturated carbocycles. The third-order valence-electron chi connectivity index (χ3n) is 2.29. The first kappa shape index (κ1) is 15.6. The first-order chi connectivity index (χ1) is 8.95. The molecule has 0 saturated heterocycles. The number of rotatable bonds is 8. The van der Waals surface area contributed by atoms with E-state index in [4.69, 9.17) is 9.47 Å². The third-order valence-corrected chi connectivity index (χ3v) is 2.29. The van der Waals surface area contributed by atoms with E-state index < -0.39 is 18.9 Å². The summed E-state index contributed by atoms with van der Waals surface area (Å²) < 4.78 is 58.9. The molecule has 0 aromatic heterocycles. The van der Waals surface area contributed by atoms with Gasteiger partial charge >= 0.3 is 12.3 Å². The van der Waals surface area contributed by atoms with Crippen LogP contribution in [0.15, 0.2) is 24.3 Å². The Morgan fingerprint density at radius 1 is 1.16 bits per heavy atom. The molecule has 0 spiro atoms. The van der Waals surface area contributed by atoms with E-state index in [1.54, 1.807) is 24.3 Å². The van der Waals surface area contributed by atoms with Gasteiger partial charge in [0.25, 0.3) is 0 Å². The first-order valence-electron chi connectivity index (χ1n) is 5.59. The van der Waals surface area contributed by atoms with Crippen LogP contribution in [0.4, 0.5) is 17.6 Å². The number of hydrogen-bond acceptors (Lipinski definition) is 3. The first-order valence-corrected chi connectivity index (χ1v) is 5.59. The number of benzene rings is 1. The van der Waals surface area contributed by atoms with Crippen LogP contribution < -0.4 is 14.8 Å². The van der Waals surface area contributed by atoms with E-state index in [0.29, 0.717) is 11.5 Å². The summed E-state index contributed by atoms with van der Waals surface area (Å²) in [6.45, 7) is -0.920. The summed E-state index contributed by atoms with van der Waals surface area (Å²) in [7, 11) is 1.53. The highest BCUT2D eigenvalue weighted by atomic mass is 19.3. The second kappa shape index (κ2) is 7.18. The summed E-state index contributed by atoms with van der Waals surface area (Å²) in [5, 5.41) is 2.22. The lowest BCUT2D eigenvalue weighted by Crippen LogP contribution is -2.40. The number of ether oxygens (including phenoxy) is 2. The highest BCUT2D eigenvalue weighted by Crippen LogP contribution is 2.21. The molecule has 7 heteroatoms. The number of alkyl halides is 4. The molecule has 0 bridgehead atoms. The maximum absolute atomic E-state index is 12.5. The van der Waals surface area contributed by atoms with E-state index in [1.165, 1.54) is 7.11 Å². The van der Waals surface area contributed by atoms with Gasteiger partial charge in [-0.25, -0.2) is 8.78 Å². The summed E-state index contributed by atoms with van der Waals surface area (Å²) in [6, 6.07) is 6.70. The Morgan fingerprint density at radius 3 is 2.26 bits per heavy atom. The van der Waals surface area contributed by atoms with E-state index in [-0.39, 0.29) is 13.2 Å². The highest BCUT2D eigenvalue weighted by Gasteiger charge is 2.39. The smallest absolute Gasteiger partial charge is 0.319 e. The Balaban J connectivity index is 2.20. The average Bonchev–Trinajstić information content (AvgIpc) is 2.38. The summed E-state index contributed by atoms with van der Waals surface area (Å²) in [5.74, 6) is -2.80. The predicted molar refractivity (Wildman–Crippen MR) is 62.3 cm³/mol. The quantitative estimate of drug-likeness (QED) is 0.587. The molecule has 0 aliphatic carbocycles. The molecule has 0 unspecified atom stereocenters. The lowest BCUT2D eigenvalue weighted by Gasteiger charge is -2.15. The van der Waals surface area contributed by atoms with Crippen molar-refractivity contribution in [3.05, 3.63) is 24.3 Å². The van der Waals surface area contributed by atoms with Crippen LogP contribution in [0.1, 0.15) is 0 Å². The summed E-state index contributed by atoms with van der Waals surface area (Å²) >= 11 is 0. The van der Waals surface area contributed by atoms with Gasteiger partial charge in [0, 0.05) is 6.54 Å². The van der Waals surface area contributed by atoms with Crippen molar-refractivity contribution in [1.29, 1.82) is 0 Å². The molecule has 19 heavy (non-hydrogen) atoms. The number of halogens is 4. The Morgan fingerprint density at radius 2 is 1.74 bits per heavy atom. The normalized spacial score (nSPS) is 11.7. The molecule has 1 aromatic rings. The van der Waals surface area contributed by atoms with Crippen molar-refractivity contribution in [2.75, 3.05) is 26.8 Å². The minimum Gasteiger partial charge on any atom is -0.497 e. The van der Waals surface area contributed by atoms with Crippen molar-refractivity contribution in [2.24, 2.45) is 0 Å². The van der Waals surface area contributed by atoms with Crippen LogP contribution in [0, 0.1) is 0 Å². The van der Waals surface area contributed by atoms with Crippen LogP contribution in [-0.2, 0) is 0 Å². The molecule has 108 valence electrons. The van der Waals surface area contributed by atoms with Gasteiger partial charge in [-0.05, 0) is 24.3 Å². The SMILES string of the molecule is COc1ccc(OCCNCC(F)(F)C(F)F)cc1. The Hall–Kier alpha value is -1.50. The van der Waals surface area contributed by atoms with Crippen molar-refractivity contribution in [2.45, 2.75) is 12.3 Å². The van der Waals surface area contributed by atoms with E-state index in [9.17, 15) is 17.6 Å². The van der Waals surface area contributed by atoms with Gasteiger partial charge in [0.2, 0.25) is 0 Å². The van der Waals surface area contributed by atoms with E-state index in [0.717, 1.165) is 0 Å². The Kier molecular flexibility index (Phi) is 5.88. The minimum atomic E-state index is -4.01. The molecule has 1 aromatic carbocycles. The molecule has 1 N–H and O–H groups in total. The molecule has 0 amide bonds. The fourth-order valence-corrected chi connectivity index (χ4v) is 1.25. The largest absolute Gasteiger partial charge is 0.497 e. The van der Waals surface area contributed by atoms with Gasteiger partial charge in [0.15, 0.2) is 0 Å². The van der Waals surface area contributed by atoms with Crippen molar-refractivity contribution in [3.8, 4) is 11.5 Å². The molecule has 3 nitrogen and oxygen atoms in total. The predicted octanol–water partition coefficient (Wildman–Crippen LogP) is 2.56. The highest BCUT2D eigenvalue weighted by molar-refractivity contribution is 5.31. The van der Waals surface area contributed by atoms with Crippen LogP contribution in [0.5, 0.6) is 11.5 Å². The fraction of sp³-hybridized carbons (Fsp3) is 0.500. The zero-order valence-corrected chi connectivity index (χ0v) is 10.3. The molecule has 0 aliphatic rings. The van der Waals surface area contributed by atoms with E-state index in [2.05, 4.69) is 5.32 Å². The minimum absolute atomic E-state index is 0.0499. The molecule has 0 atom stereocenters. The standard InChI is InChI=1S/C12H15F4NO2/c1-18-9-2-4-10(5-3-9)19-7-6-17-8-12(15,16)11(13)14/h2-5,11,17H,6-8H2,1H3. The molecule has 1 rings (SSSR count). The van der Waals surface area contributed by atoms with Gasteiger partial charge in [0.05, 0.1) is 13.7 Å². The lowest BCUT2D eigenvalue weighted by atomic mass is 10.3. The van der Waals surface area contributed by atoms with Gasteiger partial charge in [-0.15, -0.1) is 0 Å². The number of hydrogen-bond donors (Lipinski definition) is 1. The average molecular weight is 281 g/mol. The van der Waals surface area contributed by atoms with Crippen LogP contribution in [-0.4, -0.2) is 39.2 Å².